The van der Waals surface area contributed by atoms with E-state index in [2.05, 4.69) is 5.32 Å². The number of halogens is 3. The minimum Gasteiger partial charge on any atom is -0.481 e. The molecule has 0 unspecified atom stereocenters. The molecular weight excluding hydrogens is 305 g/mol. The third kappa shape index (κ3) is 2.52. The molecule has 2 N–H and O–H groups in total. The molecule has 1 heterocycles. The van der Waals surface area contributed by atoms with Crippen LogP contribution in [0.15, 0.2) is 24.3 Å². The Morgan fingerprint density at radius 1 is 1.45 bits per heavy atom. The van der Waals surface area contributed by atoms with E-state index >= 15 is 0 Å². The SMILES string of the molecule is O=C(O)[C@@]1(C(F)(F)F)CNC[C@H]1Cc1ccccc1[N+](=O)[O-]. The highest BCUT2D eigenvalue weighted by Gasteiger charge is 2.66. The molecule has 1 aliphatic rings. The van der Waals surface area contributed by atoms with Gasteiger partial charge in [0.15, 0.2) is 5.41 Å². The second-order valence-corrected chi connectivity index (χ2v) is 5.19. The Bertz CT molecular complexity index is 605. The first-order valence-corrected chi connectivity index (χ1v) is 6.43. The lowest BCUT2D eigenvalue weighted by molar-refractivity contribution is -0.385. The summed E-state index contributed by atoms with van der Waals surface area (Å²) < 4.78 is 40.0. The molecule has 1 aromatic carbocycles. The summed E-state index contributed by atoms with van der Waals surface area (Å²) in [6.45, 7) is -0.908. The molecule has 0 bridgehead atoms. The number of rotatable bonds is 4. The van der Waals surface area contributed by atoms with Gasteiger partial charge in [-0.15, -0.1) is 0 Å². The van der Waals surface area contributed by atoms with Crippen LogP contribution in [0.1, 0.15) is 5.56 Å². The van der Waals surface area contributed by atoms with Crippen LogP contribution < -0.4 is 5.32 Å². The lowest BCUT2D eigenvalue weighted by atomic mass is 9.74. The van der Waals surface area contributed by atoms with Gasteiger partial charge >= 0.3 is 12.1 Å². The fourth-order valence-corrected chi connectivity index (χ4v) is 2.84. The Hall–Kier alpha value is -2.16. The summed E-state index contributed by atoms with van der Waals surface area (Å²) >= 11 is 0. The Morgan fingerprint density at radius 3 is 2.64 bits per heavy atom. The molecule has 0 radical (unpaired) electrons. The third-order valence-corrected chi connectivity index (χ3v) is 4.03. The number of carboxylic acid groups (broad SMARTS) is 1. The van der Waals surface area contributed by atoms with Gasteiger partial charge in [0.25, 0.3) is 5.69 Å². The minimum absolute atomic E-state index is 0.0936. The summed E-state index contributed by atoms with van der Waals surface area (Å²) in [5, 5.41) is 22.5. The van der Waals surface area contributed by atoms with Crippen molar-refractivity contribution < 1.29 is 28.0 Å². The van der Waals surface area contributed by atoms with Gasteiger partial charge in [0.05, 0.1) is 4.92 Å². The molecule has 2 atom stereocenters. The maximum atomic E-state index is 13.3. The van der Waals surface area contributed by atoms with Crippen LogP contribution in [0.25, 0.3) is 0 Å². The standard InChI is InChI=1S/C13H13F3N2O4/c14-13(15,16)12(11(19)20)7-17-6-9(12)5-8-3-1-2-4-10(8)18(21)22/h1-4,9,17H,5-7H2,(H,19,20)/t9-,12-/m1/s1. The number of para-hydroxylation sites is 1. The molecule has 1 aromatic rings. The van der Waals surface area contributed by atoms with Gasteiger partial charge < -0.3 is 10.4 Å². The van der Waals surface area contributed by atoms with Gasteiger partial charge in [0, 0.05) is 24.1 Å². The van der Waals surface area contributed by atoms with Gasteiger partial charge in [0.2, 0.25) is 0 Å². The zero-order valence-corrected chi connectivity index (χ0v) is 11.3. The zero-order valence-electron chi connectivity index (χ0n) is 11.3. The van der Waals surface area contributed by atoms with Crippen molar-refractivity contribution in [2.45, 2.75) is 12.6 Å². The van der Waals surface area contributed by atoms with Crippen LogP contribution in [0.5, 0.6) is 0 Å². The molecule has 1 saturated heterocycles. The van der Waals surface area contributed by atoms with Gasteiger partial charge in [-0.1, -0.05) is 18.2 Å². The number of benzene rings is 1. The molecule has 0 aromatic heterocycles. The fourth-order valence-electron chi connectivity index (χ4n) is 2.84. The molecule has 120 valence electrons. The number of nitrogens with zero attached hydrogens (tertiary/aromatic N) is 1. The van der Waals surface area contributed by atoms with E-state index in [9.17, 15) is 28.1 Å². The van der Waals surface area contributed by atoms with Gasteiger partial charge in [-0.05, 0) is 13.0 Å². The van der Waals surface area contributed by atoms with E-state index in [0.717, 1.165) is 0 Å². The number of nitro groups is 1. The van der Waals surface area contributed by atoms with E-state index < -0.39 is 34.9 Å². The van der Waals surface area contributed by atoms with E-state index in [-0.39, 0.29) is 24.2 Å². The summed E-state index contributed by atoms with van der Waals surface area (Å²) in [5.74, 6) is -3.28. The average Bonchev–Trinajstić information content (AvgIpc) is 2.83. The number of aliphatic carboxylic acids is 1. The predicted molar refractivity (Wildman–Crippen MR) is 69.3 cm³/mol. The molecule has 1 fully saturated rings. The molecule has 0 amide bonds. The highest BCUT2D eigenvalue weighted by molar-refractivity contribution is 5.77. The van der Waals surface area contributed by atoms with Crippen LogP contribution >= 0.6 is 0 Å². The molecule has 0 spiro atoms. The highest BCUT2D eigenvalue weighted by Crippen LogP contribution is 2.48. The molecule has 9 heteroatoms. The van der Waals surface area contributed by atoms with Crippen LogP contribution in [0, 0.1) is 21.4 Å². The van der Waals surface area contributed by atoms with Crippen molar-refractivity contribution in [3.8, 4) is 0 Å². The lowest BCUT2D eigenvalue weighted by Gasteiger charge is -2.32. The molecule has 0 saturated carbocycles. The summed E-state index contributed by atoms with van der Waals surface area (Å²) in [5.41, 5.74) is -3.15. The normalized spacial score (nSPS) is 25.1. The maximum Gasteiger partial charge on any atom is 0.406 e. The number of alkyl halides is 3. The molecule has 2 rings (SSSR count). The first-order valence-electron chi connectivity index (χ1n) is 6.43. The maximum absolute atomic E-state index is 13.3. The van der Waals surface area contributed by atoms with E-state index in [1.807, 2.05) is 0 Å². The van der Waals surface area contributed by atoms with Gasteiger partial charge in [-0.25, -0.2) is 0 Å². The molecule has 0 aliphatic carbocycles. The largest absolute Gasteiger partial charge is 0.481 e. The van der Waals surface area contributed by atoms with Crippen LogP contribution in [-0.4, -0.2) is 35.3 Å². The lowest BCUT2D eigenvalue weighted by Crippen LogP contribution is -2.51. The minimum atomic E-state index is -4.95. The number of carboxylic acids is 1. The van der Waals surface area contributed by atoms with Gasteiger partial charge in [-0.2, -0.15) is 13.2 Å². The molecule has 6 nitrogen and oxygen atoms in total. The molecular formula is C13H13F3N2O4. The van der Waals surface area contributed by atoms with Crippen molar-refractivity contribution in [2.24, 2.45) is 11.3 Å². The number of carbonyl (C=O) groups is 1. The van der Waals surface area contributed by atoms with Gasteiger partial charge in [0.1, 0.15) is 0 Å². The second-order valence-electron chi connectivity index (χ2n) is 5.19. The van der Waals surface area contributed by atoms with Crippen molar-refractivity contribution in [3.63, 3.8) is 0 Å². The van der Waals surface area contributed by atoms with E-state index in [4.69, 9.17) is 5.11 Å². The first-order chi connectivity index (χ1) is 10.2. The Morgan fingerprint density at radius 2 is 2.09 bits per heavy atom. The monoisotopic (exact) mass is 318 g/mol. The molecule has 22 heavy (non-hydrogen) atoms. The Labute approximate surface area is 123 Å². The van der Waals surface area contributed by atoms with Gasteiger partial charge in [-0.3, -0.25) is 14.9 Å². The fraction of sp³-hybridized carbons (Fsp3) is 0.462. The number of hydrogen-bond donors (Lipinski definition) is 2. The highest BCUT2D eigenvalue weighted by atomic mass is 19.4. The predicted octanol–water partition coefficient (Wildman–Crippen LogP) is 1.99. The smallest absolute Gasteiger partial charge is 0.406 e. The van der Waals surface area contributed by atoms with Crippen molar-refractivity contribution >= 4 is 11.7 Å². The van der Waals surface area contributed by atoms with Crippen LogP contribution in [0.2, 0.25) is 0 Å². The number of hydrogen-bond acceptors (Lipinski definition) is 4. The topological polar surface area (TPSA) is 92.5 Å². The van der Waals surface area contributed by atoms with E-state index in [1.54, 1.807) is 0 Å². The van der Waals surface area contributed by atoms with E-state index in [0.29, 0.717) is 0 Å². The summed E-state index contributed by atoms with van der Waals surface area (Å²) in [6, 6.07) is 5.41. The Balaban J connectivity index is 2.40. The van der Waals surface area contributed by atoms with Crippen molar-refractivity contribution in [2.75, 3.05) is 13.1 Å². The molecule has 1 aliphatic heterocycles. The quantitative estimate of drug-likeness (QED) is 0.654. The van der Waals surface area contributed by atoms with Crippen LogP contribution in [0.4, 0.5) is 18.9 Å². The van der Waals surface area contributed by atoms with Crippen molar-refractivity contribution in [1.82, 2.24) is 5.32 Å². The summed E-state index contributed by atoms with van der Waals surface area (Å²) in [6.07, 6.45) is -5.29. The summed E-state index contributed by atoms with van der Waals surface area (Å²) in [7, 11) is 0. The van der Waals surface area contributed by atoms with E-state index in [1.165, 1.54) is 24.3 Å². The zero-order chi connectivity index (χ0) is 16.5. The van der Waals surface area contributed by atoms with Crippen LogP contribution in [-0.2, 0) is 11.2 Å². The second kappa shape index (κ2) is 5.56. The average molecular weight is 318 g/mol. The number of nitrogens with one attached hydrogen (secondary N) is 1. The first kappa shape index (κ1) is 16.2. The third-order valence-electron chi connectivity index (χ3n) is 4.03. The Kier molecular flexibility index (Phi) is 4.10. The number of nitro benzene ring substituents is 1. The summed E-state index contributed by atoms with van der Waals surface area (Å²) in [4.78, 5) is 21.5. The van der Waals surface area contributed by atoms with Crippen LogP contribution in [0.3, 0.4) is 0 Å². The van der Waals surface area contributed by atoms with Crippen molar-refractivity contribution in [1.29, 1.82) is 0 Å². The van der Waals surface area contributed by atoms with Crippen molar-refractivity contribution in [3.05, 3.63) is 39.9 Å².